The molecular weight excluding hydrogens is 1470 g/mol. The third kappa shape index (κ3) is 45.1. The molecule has 0 aliphatic rings. The van der Waals surface area contributed by atoms with Gasteiger partial charge in [-0.25, -0.2) is 18.7 Å². The lowest BCUT2D eigenvalue weighted by atomic mass is 10.1. The SMILES string of the molecule is COc1ccc(C)cc1.COc1ccc(C)cc1N.Cc1cc(F)c(Cl)cn1.Cc1ccc(Cl)c(CN)c1.Cc1ccc(Cl)c(N)c1.Cc1ccc(Cl)cc1.Cc1ccc(Cl)cc1N.Cc1ccc(Cl)nc1.Cc1ccc(N)nc1.Cc1cccc(CN)c1.Cc1ccccc1.Cc1ncc(Cl)cc1F. The summed E-state index contributed by atoms with van der Waals surface area (Å²) in [5.74, 6) is 1.47. The monoisotopic (exact) mass is 1560 g/mol. The third-order valence-electron chi connectivity index (χ3n) is 13.5. The van der Waals surface area contributed by atoms with Crippen molar-refractivity contribution in [2.24, 2.45) is 11.5 Å². The van der Waals surface area contributed by atoms with Crippen LogP contribution in [0.3, 0.4) is 0 Å². The molecule has 0 radical (unpaired) electrons. The highest BCUT2D eigenvalue weighted by molar-refractivity contribution is 6.33. The van der Waals surface area contributed by atoms with Gasteiger partial charge in [0.25, 0.3) is 0 Å². The zero-order valence-electron chi connectivity index (χ0n) is 61.9. The molecule has 0 unspecified atom stereocenters. The van der Waals surface area contributed by atoms with Crippen LogP contribution < -0.4 is 43.9 Å². The average Bonchev–Trinajstić information content (AvgIpc) is 0.950. The lowest BCUT2D eigenvalue weighted by Gasteiger charge is -2.03. The molecule has 12 aromatic rings. The molecule has 0 saturated carbocycles. The second-order valence-corrected chi connectivity index (χ2v) is 26.0. The fourth-order valence-electron chi connectivity index (χ4n) is 7.49. The van der Waals surface area contributed by atoms with E-state index < -0.39 is 5.82 Å². The Morgan fingerprint density at radius 1 is 0.343 bits per heavy atom. The zero-order chi connectivity index (χ0) is 79.0. The summed E-state index contributed by atoms with van der Waals surface area (Å²) >= 11 is 39.0. The van der Waals surface area contributed by atoms with Crippen molar-refractivity contribution in [2.45, 2.75) is 96.2 Å². The first kappa shape index (κ1) is 94.0. The van der Waals surface area contributed by atoms with E-state index in [1.54, 1.807) is 64.7 Å². The lowest BCUT2D eigenvalue weighted by molar-refractivity contribution is 0.414. The van der Waals surface area contributed by atoms with Crippen molar-refractivity contribution in [1.29, 1.82) is 0 Å². The predicted molar refractivity (Wildman–Crippen MR) is 447 cm³/mol. The standard InChI is InChI=1S/C8H10ClN.C8H11NO.C8H11N.C8H10O.2C7H8ClN.C7H7Cl.C7H8.2C6H5ClFN.C6H6ClN.C6H8N2/c1-6-2-3-8(9)7(4-6)5-10;1-6-3-4-8(10-2)7(9)5-6;1-7-3-2-4-8(5-7)6-9;1-7-3-5-8(9-2)6-4-7;1-5-2-3-6(8)4-7(5)9;1-5-2-3-6(8)7(9)4-5;1-6-2-4-7(8)5-3-6;1-7-5-3-2-4-6-7;1-4-6(8)2-5(7)3-9-4;1-4-2-6(8)5(7)3-9-4;2*1-5-2-3-6(7)8-4-5/h2-4H,5,10H2,1H3;3-5H,9H2,1-2H3;2-5H,6,9H2,1H3;3-6H,1-2H3;2*2-4H,9H2,1H3;2-5H,1H3;2-6H,1H3;2*2-3H,1H3;2-4H,1H3;2-4H,1H3,(H2,7,8). The number of methoxy groups -OCH3 is 2. The van der Waals surface area contributed by atoms with Crippen LogP contribution in [0.25, 0.3) is 0 Å². The molecule has 12 N–H and O–H groups in total. The molecule has 12 nitrogen and oxygen atoms in total. The number of aromatic nitrogens is 4. The number of anilines is 4. The molecule has 105 heavy (non-hydrogen) atoms. The van der Waals surface area contributed by atoms with E-state index in [0.29, 0.717) is 61.9 Å². The number of benzene rings is 8. The highest BCUT2D eigenvalue weighted by Gasteiger charge is 2.01. The first-order chi connectivity index (χ1) is 49.7. The number of halogens is 9. The van der Waals surface area contributed by atoms with E-state index in [0.717, 1.165) is 60.6 Å². The number of ether oxygens (including phenoxy) is 2. The Labute approximate surface area is 656 Å². The molecule has 4 aromatic heterocycles. The van der Waals surface area contributed by atoms with E-state index in [1.165, 1.54) is 57.9 Å². The number of nitrogens with zero attached hydrogens (tertiary/aromatic N) is 4. The van der Waals surface area contributed by atoms with Crippen molar-refractivity contribution in [3.63, 3.8) is 0 Å². The smallest absolute Gasteiger partial charge is 0.145 e. The quantitative estimate of drug-likeness (QED) is 0.0715. The second kappa shape index (κ2) is 53.7. The Bertz CT molecular complexity index is 4010. The first-order valence-corrected chi connectivity index (χ1v) is 35.1. The molecule has 4 heterocycles. The maximum Gasteiger partial charge on any atom is 0.145 e. The molecule has 0 spiro atoms. The van der Waals surface area contributed by atoms with E-state index in [4.69, 9.17) is 125 Å². The van der Waals surface area contributed by atoms with E-state index in [9.17, 15) is 8.78 Å². The Hall–Kier alpha value is -9.03. The van der Waals surface area contributed by atoms with Gasteiger partial charge in [0, 0.05) is 64.3 Å². The summed E-state index contributed by atoms with van der Waals surface area (Å²) in [6, 6.07) is 66.8. The van der Waals surface area contributed by atoms with Crippen LogP contribution in [0.5, 0.6) is 11.5 Å². The van der Waals surface area contributed by atoms with Crippen molar-refractivity contribution >= 4 is 104 Å². The maximum atomic E-state index is 12.4. The molecule has 0 bridgehead atoms. The van der Waals surface area contributed by atoms with Crippen molar-refractivity contribution < 1.29 is 18.3 Å². The summed E-state index contributed by atoms with van der Waals surface area (Å²) in [5.41, 5.74) is 50.1. The molecule has 0 saturated heterocycles. The number of aryl methyl sites for hydroxylation is 12. The number of rotatable bonds is 4. The summed E-state index contributed by atoms with van der Waals surface area (Å²) in [6.07, 6.45) is 6.20. The highest BCUT2D eigenvalue weighted by atomic mass is 35.5. The third-order valence-corrected chi connectivity index (χ3v) is 15.4. The minimum Gasteiger partial charge on any atom is -0.497 e. The molecule has 0 fully saturated rings. The van der Waals surface area contributed by atoms with Gasteiger partial charge in [0.05, 0.1) is 46.4 Å². The first-order valence-electron chi connectivity index (χ1n) is 32.5. The molecule has 558 valence electrons. The number of hydrogen-bond donors (Lipinski definition) is 6. The van der Waals surface area contributed by atoms with Gasteiger partial charge in [-0.05, 0) is 213 Å². The Morgan fingerprint density at radius 3 is 1.24 bits per heavy atom. The molecule has 0 atom stereocenters. The van der Waals surface area contributed by atoms with Gasteiger partial charge in [-0.1, -0.05) is 230 Å². The normalized spacial score (nSPS) is 9.42. The van der Waals surface area contributed by atoms with Gasteiger partial charge in [0.1, 0.15) is 34.1 Å². The fourth-order valence-corrected chi connectivity index (χ4v) is 8.47. The van der Waals surface area contributed by atoms with E-state index >= 15 is 0 Å². The summed E-state index contributed by atoms with van der Waals surface area (Å²) in [4.78, 5) is 15.1. The van der Waals surface area contributed by atoms with Crippen LogP contribution in [-0.4, -0.2) is 34.2 Å². The van der Waals surface area contributed by atoms with E-state index in [-0.39, 0.29) is 10.8 Å². The largest absolute Gasteiger partial charge is 0.497 e. The van der Waals surface area contributed by atoms with Gasteiger partial charge in [0.15, 0.2) is 0 Å². The molecule has 21 heteroatoms. The van der Waals surface area contributed by atoms with Crippen molar-refractivity contribution in [3.8, 4) is 11.5 Å². The lowest BCUT2D eigenvalue weighted by Crippen LogP contribution is -1.96. The molecule has 8 aromatic carbocycles. The topological polar surface area (TPSA) is 226 Å². The number of pyridine rings is 4. The van der Waals surface area contributed by atoms with Crippen LogP contribution in [0.1, 0.15) is 78.1 Å². The van der Waals surface area contributed by atoms with Crippen LogP contribution in [0.4, 0.5) is 31.7 Å². The van der Waals surface area contributed by atoms with Gasteiger partial charge in [-0.2, -0.15) is 0 Å². The van der Waals surface area contributed by atoms with Gasteiger partial charge in [0.2, 0.25) is 0 Å². The molecule has 12 rings (SSSR count). The van der Waals surface area contributed by atoms with Crippen molar-refractivity contribution in [2.75, 3.05) is 37.2 Å². The van der Waals surface area contributed by atoms with Crippen molar-refractivity contribution in [1.82, 2.24) is 19.9 Å². The summed E-state index contributed by atoms with van der Waals surface area (Å²) in [5, 5.41) is 3.83. The predicted octanol–water partition coefficient (Wildman–Crippen LogP) is 23.6. The van der Waals surface area contributed by atoms with Gasteiger partial charge >= 0.3 is 0 Å². The van der Waals surface area contributed by atoms with Crippen molar-refractivity contribution in [3.05, 3.63) is 362 Å². The second-order valence-electron chi connectivity index (χ2n) is 23.1. The van der Waals surface area contributed by atoms with E-state index in [1.807, 2.05) is 200 Å². The maximum absolute atomic E-state index is 12.4. The summed E-state index contributed by atoms with van der Waals surface area (Å²) in [7, 11) is 3.28. The Balaban J connectivity index is 0.000000573. The molecule has 0 aliphatic carbocycles. The zero-order valence-corrected chi connectivity index (χ0v) is 67.2. The van der Waals surface area contributed by atoms with Crippen LogP contribution in [-0.2, 0) is 13.1 Å². The Kier molecular flexibility index (Phi) is 48.1. The van der Waals surface area contributed by atoms with Gasteiger partial charge < -0.3 is 43.9 Å². The van der Waals surface area contributed by atoms with Crippen LogP contribution in [0, 0.1) is 94.7 Å². The highest BCUT2D eigenvalue weighted by Crippen LogP contribution is 2.22. The minimum absolute atomic E-state index is 0.0700. The van der Waals surface area contributed by atoms with Crippen LogP contribution in [0.2, 0.25) is 35.3 Å². The number of nitrogen functional groups attached to an aromatic ring is 4. The minimum atomic E-state index is -0.413. The molecule has 0 aliphatic heterocycles. The molecular formula is C84H97Cl7F2N10O2. The molecule has 0 amide bonds. The number of hydrogen-bond acceptors (Lipinski definition) is 12. The Morgan fingerprint density at radius 2 is 0.848 bits per heavy atom. The number of nitrogens with two attached hydrogens (primary N) is 6. The summed E-state index contributed by atoms with van der Waals surface area (Å²) < 4.78 is 34.8. The van der Waals surface area contributed by atoms with Gasteiger partial charge in [-0.15, -0.1) is 0 Å². The van der Waals surface area contributed by atoms with Crippen LogP contribution >= 0.6 is 81.2 Å². The summed E-state index contributed by atoms with van der Waals surface area (Å²) in [6.45, 7) is 24.6. The van der Waals surface area contributed by atoms with Gasteiger partial charge in [-0.3, -0.25) is 9.97 Å². The van der Waals surface area contributed by atoms with Crippen LogP contribution in [0.15, 0.2) is 237 Å². The fraction of sp³-hybridized carbons (Fsp3) is 0.190. The van der Waals surface area contributed by atoms with E-state index in [2.05, 4.69) is 65.0 Å². The average molecular weight is 1560 g/mol.